The Morgan fingerprint density at radius 2 is 1.78 bits per heavy atom. The molecule has 2 aromatic carbocycles. The second kappa shape index (κ2) is 7.77. The predicted molar refractivity (Wildman–Crippen MR) is 104 cm³/mol. The summed E-state index contributed by atoms with van der Waals surface area (Å²) in [6, 6.07) is 15.5. The molecule has 0 saturated carbocycles. The summed E-state index contributed by atoms with van der Waals surface area (Å²) < 4.78 is 4.97. The summed E-state index contributed by atoms with van der Waals surface area (Å²) in [6.07, 6.45) is 0. The maximum absolute atomic E-state index is 12.3. The monoisotopic (exact) mass is 366 g/mol. The summed E-state index contributed by atoms with van der Waals surface area (Å²) in [7, 11) is 0. The van der Waals surface area contributed by atoms with Crippen molar-refractivity contribution in [2.45, 2.75) is 6.54 Å². The molecule has 1 aromatic heterocycles. The first-order valence-corrected chi connectivity index (χ1v) is 9.07. The van der Waals surface area contributed by atoms with E-state index in [0.29, 0.717) is 23.3 Å². The van der Waals surface area contributed by atoms with E-state index in [1.165, 1.54) is 5.56 Å². The summed E-state index contributed by atoms with van der Waals surface area (Å²) >= 11 is 0. The molecule has 0 bridgehead atoms. The fourth-order valence-electron chi connectivity index (χ4n) is 3.38. The number of rotatable bonds is 5. The third-order valence-corrected chi connectivity index (χ3v) is 4.78. The number of piperazine rings is 1. The number of anilines is 1. The molecule has 1 fully saturated rings. The zero-order valence-corrected chi connectivity index (χ0v) is 15.0. The average molecular weight is 366 g/mol. The number of H-pyrrole nitrogens is 1. The van der Waals surface area contributed by atoms with Gasteiger partial charge in [0.05, 0.1) is 12.1 Å². The summed E-state index contributed by atoms with van der Waals surface area (Å²) in [5.74, 6) is -0.557. The Hall–Kier alpha value is -2.90. The van der Waals surface area contributed by atoms with Crippen molar-refractivity contribution in [1.82, 2.24) is 14.8 Å². The van der Waals surface area contributed by atoms with Crippen LogP contribution >= 0.6 is 0 Å². The van der Waals surface area contributed by atoms with E-state index in [-0.39, 0.29) is 5.91 Å². The molecular weight excluding hydrogens is 344 g/mol. The number of carbonyl (C=O) groups excluding carboxylic acids is 1. The van der Waals surface area contributed by atoms with Gasteiger partial charge in [0.1, 0.15) is 0 Å². The van der Waals surface area contributed by atoms with Gasteiger partial charge in [-0.25, -0.2) is 4.79 Å². The van der Waals surface area contributed by atoms with E-state index in [0.717, 1.165) is 32.7 Å². The highest BCUT2D eigenvalue weighted by Gasteiger charge is 2.19. The van der Waals surface area contributed by atoms with Gasteiger partial charge in [-0.3, -0.25) is 19.6 Å². The molecular formula is C20H22N4O3. The number of aromatic amines is 1. The van der Waals surface area contributed by atoms with Gasteiger partial charge in [0.25, 0.3) is 0 Å². The molecule has 0 atom stereocenters. The lowest BCUT2D eigenvalue weighted by Gasteiger charge is -2.34. The summed E-state index contributed by atoms with van der Waals surface area (Å²) in [4.78, 5) is 30.7. The number of benzene rings is 2. The Morgan fingerprint density at radius 1 is 1.04 bits per heavy atom. The third-order valence-electron chi connectivity index (χ3n) is 4.78. The standard InChI is InChI=1S/C20H22N4O3/c25-19(21-16-6-7-18-17(12-16)22-20(26)27-18)14-24-10-8-23(9-11-24)13-15-4-2-1-3-5-15/h1-7,12H,8-11,13-14H2,(H,21,25)(H,22,26). The number of carbonyl (C=O) groups is 1. The zero-order chi connectivity index (χ0) is 18.6. The molecule has 3 aromatic rings. The number of aromatic nitrogens is 1. The maximum atomic E-state index is 12.3. The maximum Gasteiger partial charge on any atom is 0.417 e. The quantitative estimate of drug-likeness (QED) is 0.721. The van der Waals surface area contributed by atoms with Crippen LogP contribution in [0.3, 0.4) is 0 Å². The molecule has 27 heavy (non-hydrogen) atoms. The van der Waals surface area contributed by atoms with Gasteiger partial charge in [0, 0.05) is 38.4 Å². The zero-order valence-electron chi connectivity index (χ0n) is 15.0. The summed E-state index contributed by atoms with van der Waals surface area (Å²) in [5, 5.41) is 2.88. The van der Waals surface area contributed by atoms with Crippen LogP contribution in [0.1, 0.15) is 5.56 Å². The van der Waals surface area contributed by atoms with Crippen LogP contribution in [0.2, 0.25) is 0 Å². The number of amides is 1. The molecule has 7 heteroatoms. The van der Waals surface area contributed by atoms with Crippen LogP contribution in [0.25, 0.3) is 11.1 Å². The Labute approximate surface area is 156 Å². The molecule has 0 spiro atoms. The largest absolute Gasteiger partial charge is 0.417 e. The lowest BCUT2D eigenvalue weighted by Crippen LogP contribution is -2.48. The summed E-state index contributed by atoms with van der Waals surface area (Å²) in [5.41, 5.74) is 3.02. The molecule has 0 aliphatic carbocycles. The highest BCUT2D eigenvalue weighted by molar-refractivity contribution is 5.94. The molecule has 1 amide bonds. The number of fused-ring (bicyclic) bond motifs is 1. The van der Waals surface area contributed by atoms with Crippen molar-refractivity contribution < 1.29 is 9.21 Å². The lowest BCUT2D eigenvalue weighted by molar-refractivity contribution is -0.117. The Balaban J connectivity index is 1.27. The topological polar surface area (TPSA) is 81.6 Å². The first kappa shape index (κ1) is 17.5. The molecule has 1 aliphatic heterocycles. The number of hydrogen-bond acceptors (Lipinski definition) is 5. The van der Waals surface area contributed by atoms with E-state index < -0.39 is 5.76 Å². The van der Waals surface area contributed by atoms with Crippen LogP contribution < -0.4 is 11.1 Å². The molecule has 1 saturated heterocycles. The van der Waals surface area contributed by atoms with Gasteiger partial charge in [-0.05, 0) is 23.8 Å². The van der Waals surface area contributed by atoms with Gasteiger partial charge in [-0.1, -0.05) is 30.3 Å². The third kappa shape index (κ3) is 4.45. The Bertz CT molecular complexity index is 972. The lowest BCUT2D eigenvalue weighted by atomic mass is 10.2. The number of nitrogens with one attached hydrogen (secondary N) is 2. The smallest absolute Gasteiger partial charge is 0.408 e. The van der Waals surface area contributed by atoms with Gasteiger partial charge < -0.3 is 9.73 Å². The minimum absolute atomic E-state index is 0.0586. The van der Waals surface area contributed by atoms with Crippen molar-refractivity contribution in [3.05, 3.63) is 64.6 Å². The van der Waals surface area contributed by atoms with Crippen molar-refractivity contribution in [1.29, 1.82) is 0 Å². The highest BCUT2D eigenvalue weighted by Crippen LogP contribution is 2.16. The number of oxazole rings is 1. The van der Waals surface area contributed by atoms with E-state index in [1.54, 1.807) is 18.2 Å². The fraction of sp³-hybridized carbons (Fsp3) is 0.300. The molecule has 1 aliphatic rings. The minimum Gasteiger partial charge on any atom is -0.408 e. The molecule has 4 rings (SSSR count). The Kier molecular flexibility index (Phi) is 5.04. The number of nitrogens with zero attached hydrogens (tertiary/aromatic N) is 2. The molecule has 0 radical (unpaired) electrons. The first-order chi connectivity index (χ1) is 13.2. The van der Waals surface area contributed by atoms with E-state index in [9.17, 15) is 9.59 Å². The fourth-order valence-corrected chi connectivity index (χ4v) is 3.38. The van der Waals surface area contributed by atoms with Crippen molar-refractivity contribution in [3.8, 4) is 0 Å². The van der Waals surface area contributed by atoms with Crippen molar-refractivity contribution in [2.24, 2.45) is 0 Å². The average Bonchev–Trinajstić information content (AvgIpc) is 3.03. The van der Waals surface area contributed by atoms with Crippen LogP contribution in [-0.4, -0.2) is 53.4 Å². The molecule has 2 N–H and O–H groups in total. The van der Waals surface area contributed by atoms with Crippen LogP contribution in [0.15, 0.2) is 57.7 Å². The van der Waals surface area contributed by atoms with Gasteiger partial charge in [0.15, 0.2) is 5.58 Å². The van der Waals surface area contributed by atoms with Crippen molar-refractivity contribution in [2.75, 3.05) is 38.0 Å². The van der Waals surface area contributed by atoms with E-state index in [1.807, 2.05) is 6.07 Å². The van der Waals surface area contributed by atoms with Crippen molar-refractivity contribution in [3.63, 3.8) is 0 Å². The predicted octanol–water partition coefficient (Wildman–Crippen LogP) is 1.88. The number of hydrogen-bond donors (Lipinski definition) is 2. The van der Waals surface area contributed by atoms with Gasteiger partial charge in [-0.15, -0.1) is 0 Å². The van der Waals surface area contributed by atoms with Gasteiger partial charge in [0.2, 0.25) is 5.91 Å². The molecule has 2 heterocycles. The highest BCUT2D eigenvalue weighted by atomic mass is 16.4. The Morgan fingerprint density at radius 3 is 2.56 bits per heavy atom. The molecule has 7 nitrogen and oxygen atoms in total. The normalized spacial score (nSPS) is 15.9. The van der Waals surface area contributed by atoms with Crippen LogP contribution in [-0.2, 0) is 11.3 Å². The second-order valence-corrected chi connectivity index (χ2v) is 6.81. The van der Waals surface area contributed by atoms with Crippen LogP contribution in [0.5, 0.6) is 0 Å². The summed E-state index contributed by atoms with van der Waals surface area (Å²) in [6.45, 7) is 4.94. The van der Waals surface area contributed by atoms with Gasteiger partial charge in [-0.2, -0.15) is 0 Å². The minimum atomic E-state index is -0.498. The van der Waals surface area contributed by atoms with Crippen molar-refractivity contribution >= 4 is 22.7 Å². The SMILES string of the molecule is O=C(CN1CCN(Cc2ccccc2)CC1)Nc1ccc2oc(=O)[nH]c2c1. The van der Waals surface area contributed by atoms with E-state index in [4.69, 9.17) is 4.42 Å². The van der Waals surface area contributed by atoms with E-state index >= 15 is 0 Å². The first-order valence-electron chi connectivity index (χ1n) is 9.07. The second-order valence-electron chi connectivity index (χ2n) is 6.81. The van der Waals surface area contributed by atoms with Crippen LogP contribution in [0.4, 0.5) is 5.69 Å². The van der Waals surface area contributed by atoms with Gasteiger partial charge >= 0.3 is 5.76 Å². The molecule has 140 valence electrons. The van der Waals surface area contributed by atoms with Crippen LogP contribution in [0, 0.1) is 0 Å². The van der Waals surface area contributed by atoms with E-state index in [2.05, 4.69) is 44.4 Å². The molecule has 0 unspecified atom stereocenters.